The highest BCUT2D eigenvalue weighted by Crippen LogP contribution is 2.30. The SMILES string of the molecule is CCOC(=O)C(F)[C@H](N)c1cc(C#N)cc(F)c1O.Cl. The number of halogens is 3. The Hall–Kier alpha value is -1.91. The van der Waals surface area contributed by atoms with Crippen molar-refractivity contribution in [3.63, 3.8) is 0 Å². The number of nitrogens with two attached hydrogens (primary N) is 1. The third-order valence-corrected chi connectivity index (χ3v) is 2.41. The van der Waals surface area contributed by atoms with Gasteiger partial charge in [0.25, 0.3) is 0 Å². The predicted molar refractivity (Wildman–Crippen MR) is 68.5 cm³/mol. The van der Waals surface area contributed by atoms with Crippen LogP contribution < -0.4 is 5.73 Å². The zero-order valence-corrected chi connectivity index (χ0v) is 11.3. The molecule has 0 aliphatic carbocycles. The highest BCUT2D eigenvalue weighted by atomic mass is 35.5. The first kappa shape index (κ1) is 18.1. The maximum Gasteiger partial charge on any atom is 0.342 e. The molecule has 0 aromatic heterocycles. The summed E-state index contributed by atoms with van der Waals surface area (Å²) in [6.07, 6.45) is -2.26. The number of benzene rings is 1. The lowest BCUT2D eigenvalue weighted by molar-refractivity contribution is -0.149. The van der Waals surface area contributed by atoms with Gasteiger partial charge in [0.05, 0.1) is 24.3 Å². The van der Waals surface area contributed by atoms with Crippen LogP contribution in [0.4, 0.5) is 8.78 Å². The van der Waals surface area contributed by atoms with Gasteiger partial charge < -0.3 is 15.6 Å². The summed E-state index contributed by atoms with van der Waals surface area (Å²) in [6.45, 7) is 1.45. The lowest BCUT2D eigenvalue weighted by Crippen LogP contribution is -2.31. The van der Waals surface area contributed by atoms with Crippen LogP contribution in [0.3, 0.4) is 0 Å². The number of esters is 1. The van der Waals surface area contributed by atoms with Gasteiger partial charge in [0.15, 0.2) is 11.6 Å². The van der Waals surface area contributed by atoms with E-state index >= 15 is 0 Å². The van der Waals surface area contributed by atoms with E-state index in [1.54, 1.807) is 6.07 Å². The van der Waals surface area contributed by atoms with Crippen molar-refractivity contribution in [1.29, 1.82) is 5.26 Å². The second-order valence-corrected chi connectivity index (χ2v) is 3.69. The first-order valence-corrected chi connectivity index (χ1v) is 5.41. The van der Waals surface area contributed by atoms with Crippen LogP contribution in [0.2, 0.25) is 0 Å². The first-order valence-electron chi connectivity index (χ1n) is 5.41. The summed E-state index contributed by atoms with van der Waals surface area (Å²) < 4.78 is 31.4. The molecule has 0 heterocycles. The van der Waals surface area contributed by atoms with Crippen molar-refractivity contribution in [3.8, 4) is 11.8 Å². The Bertz CT molecular complexity index is 534. The number of alkyl halides is 1. The number of nitrogens with zero attached hydrogens (tertiary/aromatic N) is 1. The molecule has 8 heteroatoms. The van der Waals surface area contributed by atoms with E-state index in [-0.39, 0.29) is 30.1 Å². The van der Waals surface area contributed by atoms with E-state index in [1.165, 1.54) is 6.92 Å². The van der Waals surface area contributed by atoms with Crippen LogP contribution in [0.5, 0.6) is 5.75 Å². The Morgan fingerprint density at radius 3 is 2.70 bits per heavy atom. The molecule has 110 valence electrons. The molecule has 0 spiro atoms. The van der Waals surface area contributed by atoms with Gasteiger partial charge in [-0.2, -0.15) is 5.26 Å². The summed E-state index contributed by atoms with van der Waals surface area (Å²) in [6, 6.07) is 1.82. The van der Waals surface area contributed by atoms with Crippen LogP contribution in [0, 0.1) is 17.1 Å². The van der Waals surface area contributed by atoms with Gasteiger partial charge in [-0.3, -0.25) is 0 Å². The zero-order chi connectivity index (χ0) is 14.6. The van der Waals surface area contributed by atoms with Crippen LogP contribution >= 0.6 is 12.4 Å². The minimum atomic E-state index is -2.26. The number of rotatable bonds is 4. The number of carbonyl (C=O) groups excluding carboxylic acids is 1. The van der Waals surface area contributed by atoms with Crippen molar-refractivity contribution in [2.75, 3.05) is 6.61 Å². The molecule has 0 saturated heterocycles. The highest BCUT2D eigenvalue weighted by Gasteiger charge is 2.30. The van der Waals surface area contributed by atoms with Gasteiger partial charge in [0.1, 0.15) is 0 Å². The van der Waals surface area contributed by atoms with Gasteiger partial charge in [-0.05, 0) is 19.1 Å². The van der Waals surface area contributed by atoms with Gasteiger partial charge in [0, 0.05) is 5.56 Å². The molecule has 2 atom stereocenters. The third-order valence-electron chi connectivity index (χ3n) is 2.41. The quantitative estimate of drug-likeness (QED) is 0.826. The van der Waals surface area contributed by atoms with Gasteiger partial charge in [0.2, 0.25) is 6.17 Å². The standard InChI is InChI=1S/C12H12F2N2O3.ClH/c1-2-19-12(18)9(14)10(16)7-3-6(5-15)4-8(13)11(7)17;/h3-4,9-10,17H,2,16H2,1H3;1H/t9?,10-;/m1./s1. The van der Waals surface area contributed by atoms with Crippen molar-refractivity contribution < 1.29 is 23.4 Å². The molecule has 0 saturated carbocycles. The van der Waals surface area contributed by atoms with Crippen LogP contribution in [-0.2, 0) is 9.53 Å². The average molecular weight is 307 g/mol. The van der Waals surface area contributed by atoms with Crippen LogP contribution in [0.1, 0.15) is 24.1 Å². The molecule has 0 aliphatic rings. The minimum absolute atomic E-state index is 0. The first-order chi connectivity index (χ1) is 8.92. The molecule has 20 heavy (non-hydrogen) atoms. The van der Waals surface area contributed by atoms with Crippen molar-refractivity contribution in [2.24, 2.45) is 5.73 Å². The molecule has 0 fully saturated rings. The van der Waals surface area contributed by atoms with Crippen LogP contribution in [0.25, 0.3) is 0 Å². The zero-order valence-electron chi connectivity index (χ0n) is 10.5. The van der Waals surface area contributed by atoms with E-state index in [0.717, 1.165) is 12.1 Å². The van der Waals surface area contributed by atoms with Crippen LogP contribution in [-0.4, -0.2) is 23.9 Å². The second-order valence-electron chi connectivity index (χ2n) is 3.69. The Labute approximate surface area is 120 Å². The fourth-order valence-corrected chi connectivity index (χ4v) is 1.47. The second kappa shape index (κ2) is 7.62. The maximum absolute atomic E-state index is 13.7. The maximum atomic E-state index is 13.7. The molecule has 1 aromatic carbocycles. The highest BCUT2D eigenvalue weighted by molar-refractivity contribution is 5.85. The molecule has 5 nitrogen and oxygen atoms in total. The van der Waals surface area contributed by atoms with Crippen molar-refractivity contribution in [1.82, 2.24) is 0 Å². The lowest BCUT2D eigenvalue weighted by atomic mass is 9.99. The van der Waals surface area contributed by atoms with E-state index < -0.39 is 29.7 Å². The van der Waals surface area contributed by atoms with E-state index in [0.29, 0.717) is 0 Å². The molecular weight excluding hydrogens is 294 g/mol. The number of aromatic hydroxyl groups is 1. The van der Waals surface area contributed by atoms with Crippen LogP contribution in [0.15, 0.2) is 12.1 Å². The smallest absolute Gasteiger partial charge is 0.342 e. The molecular formula is C12H13ClF2N2O3. The number of hydrogen-bond donors (Lipinski definition) is 2. The van der Waals surface area contributed by atoms with E-state index in [4.69, 9.17) is 11.0 Å². The summed E-state index contributed by atoms with van der Waals surface area (Å²) in [5.74, 6) is -3.21. The molecule has 1 unspecified atom stereocenters. The van der Waals surface area contributed by atoms with Gasteiger partial charge in [-0.1, -0.05) is 0 Å². The largest absolute Gasteiger partial charge is 0.505 e. The van der Waals surface area contributed by atoms with Crippen molar-refractivity contribution in [2.45, 2.75) is 19.1 Å². The fourth-order valence-electron chi connectivity index (χ4n) is 1.47. The lowest BCUT2D eigenvalue weighted by Gasteiger charge is -2.17. The van der Waals surface area contributed by atoms with E-state index in [2.05, 4.69) is 4.74 Å². The number of carbonyl (C=O) groups is 1. The molecule has 0 aliphatic heterocycles. The van der Waals surface area contributed by atoms with Gasteiger partial charge in [-0.25, -0.2) is 13.6 Å². The Morgan fingerprint density at radius 1 is 1.60 bits per heavy atom. The third kappa shape index (κ3) is 3.79. The van der Waals surface area contributed by atoms with Crippen molar-refractivity contribution >= 4 is 18.4 Å². The van der Waals surface area contributed by atoms with E-state index in [1.807, 2.05) is 0 Å². The summed E-state index contributed by atoms with van der Waals surface area (Å²) in [5.41, 5.74) is 4.95. The number of hydrogen-bond acceptors (Lipinski definition) is 5. The predicted octanol–water partition coefficient (Wildman–Crippen LogP) is 1.73. The summed E-state index contributed by atoms with van der Waals surface area (Å²) in [7, 11) is 0. The Morgan fingerprint density at radius 2 is 2.20 bits per heavy atom. The fraction of sp³-hybridized carbons (Fsp3) is 0.333. The molecule has 1 rings (SSSR count). The van der Waals surface area contributed by atoms with Crippen molar-refractivity contribution in [3.05, 3.63) is 29.1 Å². The number of nitriles is 1. The minimum Gasteiger partial charge on any atom is -0.505 e. The molecule has 3 N–H and O–H groups in total. The summed E-state index contributed by atoms with van der Waals surface area (Å²) in [4.78, 5) is 11.2. The summed E-state index contributed by atoms with van der Waals surface area (Å²) in [5, 5.41) is 18.1. The molecule has 0 amide bonds. The van der Waals surface area contributed by atoms with E-state index in [9.17, 15) is 18.7 Å². The van der Waals surface area contributed by atoms with Gasteiger partial charge in [-0.15, -0.1) is 12.4 Å². The number of ether oxygens (including phenoxy) is 1. The van der Waals surface area contributed by atoms with Gasteiger partial charge >= 0.3 is 5.97 Å². The topological polar surface area (TPSA) is 96.3 Å². The summed E-state index contributed by atoms with van der Waals surface area (Å²) >= 11 is 0. The monoisotopic (exact) mass is 306 g/mol. The number of phenols is 1. The average Bonchev–Trinajstić information content (AvgIpc) is 2.40. The molecule has 1 aromatic rings. The molecule has 0 radical (unpaired) electrons. The normalized spacial score (nSPS) is 12.8. The Balaban J connectivity index is 0.00000361. The molecule has 0 bridgehead atoms. The number of phenolic OH excluding ortho intramolecular Hbond substituents is 1. The Kier molecular flexibility index (Phi) is 6.90.